The van der Waals surface area contributed by atoms with Crippen LogP contribution < -0.4 is 5.73 Å². The number of rotatable bonds is 0. The van der Waals surface area contributed by atoms with E-state index in [1.165, 1.54) is 18.8 Å². The van der Waals surface area contributed by atoms with Crippen LogP contribution in [0.3, 0.4) is 0 Å². The summed E-state index contributed by atoms with van der Waals surface area (Å²) in [7, 11) is 0. The van der Waals surface area contributed by atoms with E-state index in [-0.39, 0.29) is 0 Å². The van der Waals surface area contributed by atoms with Gasteiger partial charge >= 0.3 is 0 Å². The van der Waals surface area contributed by atoms with Crippen molar-refractivity contribution in [3.63, 3.8) is 0 Å². The summed E-state index contributed by atoms with van der Waals surface area (Å²) in [6.45, 7) is 0. The van der Waals surface area contributed by atoms with Gasteiger partial charge in [-0.05, 0) is 6.07 Å². The lowest BCUT2D eigenvalue weighted by Gasteiger charge is -1.79. The number of benzene rings is 1. The van der Waals surface area contributed by atoms with Gasteiger partial charge in [0.15, 0.2) is 0 Å². The van der Waals surface area contributed by atoms with Crippen LogP contribution in [-0.4, -0.2) is 0 Å². The summed E-state index contributed by atoms with van der Waals surface area (Å²) < 4.78 is 5.62. The van der Waals surface area contributed by atoms with Crippen LogP contribution in [0.2, 0.25) is 0 Å². The van der Waals surface area contributed by atoms with Gasteiger partial charge in [-0.1, -0.05) is 0 Å². The minimum absolute atomic E-state index is 0.971. The Morgan fingerprint density at radius 3 is 2.89 bits per heavy atom. The zero-order valence-electron chi connectivity index (χ0n) is 4.47. The van der Waals surface area contributed by atoms with Gasteiger partial charge in [-0.3, -0.25) is 0 Å². The smallest absolute Gasteiger partial charge is 0.0694 e. The van der Waals surface area contributed by atoms with Crippen LogP contribution in [0.5, 0.6) is 0 Å². The molecule has 0 amide bonds. The van der Waals surface area contributed by atoms with Gasteiger partial charge in [-0.25, -0.2) is 0 Å². The van der Waals surface area contributed by atoms with E-state index in [2.05, 4.69) is 6.07 Å². The van der Waals surface area contributed by atoms with E-state index in [0.717, 1.165) is 5.69 Å². The Hall–Kier alpha value is -0.540. The second kappa shape index (κ2) is 1.02. The molecule has 44 valence electrons. The second-order valence-electron chi connectivity index (χ2n) is 2.16. The predicted molar refractivity (Wildman–Crippen MR) is 44.0 cm³/mol. The number of nitrogen functional groups attached to an aromatic ring is 1. The van der Waals surface area contributed by atoms with E-state index in [9.17, 15) is 0 Å². The van der Waals surface area contributed by atoms with Crippen LogP contribution in [0.15, 0.2) is 6.07 Å². The van der Waals surface area contributed by atoms with Crippen molar-refractivity contribution >= 4 is 47.2 Å². The normalized spacial score (nSPS) is 12.9. The van der Waals surface area contributed by atoms with Crippen LogP contribution in [0.25, 0.3) is 18.8 Å². The molecule has 0 radical (unpaired) electrons. The number of nitrogens with two attached hydrogens (primary N) is 1. The molecule has 1 aromatic carbocycles. The van der Waals surface area contributed by atoms with Gasteiger partial charge in [0.05, 0.1) is 19.8 Å². The molecule has 2 heterocycles. The molecular weight excluding hydrogens is 150 g/mol. The first-order valence-electron chi connectivity index (χ1n) is 2.68. The van der Waals surface area contributed by atoms with Crippen molar-refractivity contribution in [2.24, 2.45) is 0 Å². The maximum Gasteiger partial charge on any atom is 0.0694 e. The van der Waals surface area contributed by atoms with Crippen molar-refractivity contribution in [1.29, 1.82) is 0 Å². The summed E-state index contributed by atoms with van der Waals surface area (Å²) in [5.41, 5.74) is 6.64. The highest BCUT2D eigenvalue weighted by Gasteiger charge is 2.17. The average Bonchev–Trinajstić information content (AvgIpc) is 2.54. The first kappa shape index (κ1) is 4.30. The molecule has 3 heteroatoms. The Kier molecular flexibility index (Phi) is 0.488. The zero-order chi connectivity index (χ0) is 6.01. The van der Waals surface area contributed by atoms with Crippen LogP contribution in [0.4, 0.5) is 5.69 Å². The average molecular weight is 153 g/mol. The van der Waals surface area contributed by atoms with E-state index in [0.29, 0.717) is 0 Å². The monoisotopic (exact) mass is 153 g/mol. The molecule has 0 fully saturated rings. The van der Waals surface area contributed by atoms with Crippen LogP contribution in [0, 0.1) is 0 Å². The summed E-state index contributed by atoms with van der Waals surface area (Å²) >= 11 is 3.67. The summed E-state index contributed by atoms with van der Waals surface area (Å²) in [5, 5.41) is 0. The lowest BCUT2D eigenvalue weighted by molar-refractivity contribution is 1.95. The van der Waals surface area contributed by atoms with E-state index in [1.807, 2.05) is 22.7 Å². The van der Waals surface area contributed by atoms with E-state index >= 15 is 0 Å². The summed E-state index contributed by atoms with van der Waals surface area (Å²) in [4.78, 5) is 0. The molecule has 0 aliphatic rings. The van der Waals surface area contributed by atoms with Crippen LogP contribution >= 0.6 is 22.7 Å². The fourth-order valence-corrected chi connectivity index (χ4v) is 2.80. The van der Waals surface area contributed by atoms with Crippen molar-refractivity contribution in [3.8, 4) is 0 Å². The lowest BCUT2D eigenvalue weighted by Crippen LogP contribution is -1.77. The Morgan fingerprint density at radius 1 is 1.11 bits per heavy atom. The quantitative estimate of drug-likeness (QED) is 0.493. The Bertz CT molecular complexity index is 436. The molecule has 0 saturated heterocycles. The standard InChI is InChI=1S/C6H3NS2/c7-2-1-3-5(8-3)6-4(2)9-6/h1H,7H2. The van der Waals surface area contributed by atoms with E-state index in [1.54, 1.807) is 0 Å². The molecule has 0 aliphatic heterocycles. The summed E-state index contributed by atoms with van der Waals surface area (Å²) in [6.07, 6.45) is 0. The molecule has 0 saturated carbocycles. The highest BCUT2D eigenvalue weighted by molar-refractivity contribution is 7.46. The minimum atomic E-state index is 0.971. The third kappa shape index (κ3) is 0.404. The lowest BCUT2D eigenvalue weighted by atomic mass is 10.3. The third-order valence-corrected chi connectivity index (χ3v) is 3.67. The summed E-state index contributed by atoms with van der Waals surface area (Å²) in [6, 6.07) is 2.07. The topological polar surface area (TPSA) is 26.0 Å². The highest BCUT2D eigenvalue weighted by Crippen LogP contribution is 2.52. The van der Waals surface area contributed by atoms with Gasteiger partial charge in [-0.15, -0.1) is 22.7 Å². The molecule has 0 unspecified atom stereocenters. The van der Waals surface area contributed by atoms with Gasteiger partial charge in [0.25, 0.3) is 0 Å². The molecule has 1 nitrogen and oxygen atoms in total. The number of hydrogen-bond acceptors (Lipinski definition) is 3. The van der Waals surface area contributed by atoms with Crippen molar-refractivity contribution in [3.05, 3.63) is 6.07 Å². The first-order valence-corrected chi connectivity index (χ1v) is 4.32. The molecule has 9 heavy (non-hydrogen) atoms. The van der Waals surface area contributed by atoms with Gasteiger partial charge in [0, 0.05) is 4.70 Å². The molecule has 0 atom stereocenters. The SMILES string of the molecule is Nc1cc2sc2c2sc12. The molecule has 0 aliphatic carbocycles. The van der Waals surface area contributed by atoms with Gasteiger partial charge < -0.3 is 5.73 Å². The van der Waals surface area contributed by atoms with Crippen LogP contribution in [0.1, 0.15) is 0 Å². The van der Waals surface area contributed by atoms with Crippen molar-refractivity contribution in [2.75, 3.05) is 5.73 Å². The van der Waals surface area contributed by atoms with Crippen molar-refractivity contribution in [1.82, 2.24) is 0 Å². The van der Waals surface area contributed by atoms with E-state index < -0.39 is 0 Å². The Balaban J connectivity index is 2.70. The molecule has 3 rings (SSSR count). The molecule has 2 N–H and O–H groups in total. The van der Waals surface area contributed by atoms with Gasteiger partial charge in [-0.2, -0.15) is 0 Å². The van der Waals surface area contributed by atoms with Gasteiger partial charge in [0.1, 0.15) is 0 Å². The molecule has 0 spiro atoms. The number of hydrogen-bond donors (Lipinski definition) is 1. The molecule has 0 bridgehead atoms. The third-order valence-electron chi connectivity index (χ3n) is 1.52. The zero-order valence-corrected chi connectivity index (χ0v) is 6.10. The van der Waals surface area contributed by atoms with Gasteiger partial charge in [0.2, 0.25) is 0 Å². The molecule has 3 aromatic rings. The van der Waals surface area contributed by atoms with Crippen LogP contribution in [-0.2, 0) is 0 Å². The highest BCUT2D eigenvalue weighted by atomic mass is 32.1. The van der Waals surface area contributed by atoms with E-state index in [4.69, 9.17) is 5.73 Å². The predicted octanol–water partition coefficient (Wildman–Crippen LogP) is 2.57. The maximum absolute atomic E-state index is 5.67. The fourth-order valence-electron chi connectivity index (χ4n) is 0.961. The fraction of sp³-hybridized carbons (Fsp3) is 0. The maximum atomic E-state index is 5.67. The molecule has 2 aromatic heterocycles. The number of anilines is 1. The summed E-state index contributed by atoms with van der Waals surface area (Å²) in [5.74, 6) is 0. The first-order chi connectivity index (χ1) is 4.36. The largest absolute Gasteiger partial charge is 0.398 e. The second-order valence-corrected chi connectivity index (χ2v) is 4.23. The van der Waals surface area contributed by atoms with Crippen molar-refractivity contribution in [2.45, 2.75) is 0 Å². The van der Waals surface area contributed by atoms with Crippen molar-refractivity contribution < 1.29 is 0 Å². The minimum Gasteiger partial charge on any atom is -0.398 e. The Labute approximate surface area is 59.4 Å². The Morgan fingerprint density at radius 2 is 2.00 bits per heavy atom. The number of fused-ring (bicyclic) bond motifs is 3. The molecular formula is C6H3NS2.